The van der Waals surface area contributed by atoms with Gasteiger partial charge in [-0.15, -0.1) is 0 Å². The van der Waals surface area contributed by atoms with Crippen molar-refractivity contribution in [3.63, 3.8) is 0 Å². The Morgan fingerprint density at radius 2 is 1.81 bits per heavy atom. The van der Waals surface area contributed by atoms with Gasteiger partial charge in [-0.05, 0) is 37.3 Å². The van der Waals surface area contributed by atoms with Gasteiger partial charge in [-0.3, -0.25) is 4.79 Å². The summed E-state index contributed by atoms with van der Waals surface area (Å²) < 4.78 is 5.58. The van der Waals surface area contributed by atoms with E-state index in [0.717, 1.165) is 11.3 Å². The molecule has 0 heterocycles. The SMILES string of the molecule is CCOc1ccccc1CN(C)C(=O)c1ccc(N)cc1. The Kier molecular flexibility index (Phi) is 4.82. The van der Waals surface area contributed by atoms with Gasteiger partial charge in [0, 0.05) is 30.4 Å². The third-order valence-electron chi connectivity index (χ3n) is 3.18. The molecule has 2 rings (SSSR count). The Morgan fingerprint density at radius 1 is 1.14 bits per heavy atom. The van der Waals surface area contributed by atoms with E-state index < -0.39 is 0 Å². The normalized spacial score (nSPS) is 10.2. The van der Waals surface area contributed by atoms with Crippen molar-refractivity contribution in [2.45, 2.75) is 13.5 Å². The summed E-state index contributed by atoms with van der Waals surface area (Å²) in [5, 5.41) is 0. The molecule has 2 aromatic carbocycles. The quantitative estimate of drug-likeness (QED) is 0.859. The van der Waals surface area contributed by atoms with Crippen LogP contribution in [0.1, 0.15) is 22.8 Å². The molecule has 4 heteroatoms. The highest BCUT2D eigenvalue weighted by Crippen LogP contribution is 2.20. The number of carbonyl (C=O) groups excluding carboxylic acids is 1. The summed E-state index contributed by atoms with van der Waals surface area (Å²) in [6.45, 7) is 3.05. The summed E-state index contributed by atoms with van der Waals surface area (Å²) in [6, 6.07) is 14.7. The zero-order valence-electron chi connectivity index (χ0n) is 12.4. The monoisotopic (exact) mass is 284 g/mol. The van der Waals surface area contributed by atoms with Crippen molar-refractivity contribution in [2.24, 2.45) is 0 Å². The lowest BCUT2D eigenvalue weighted by Gasteiger charge is -2.19. The van der Waals surface area contributed by atoms with E-state index >= 15 is 0 Å². The minimum Gasteiger partial charge on any atom is -0.494 e. The standard InChI is InChI=1S/C17H20N2O2/c1-3-21-16-7-5-4-6-14(16)12-19(2)17(20)13-8-10-15(18)11-9-13/h4-11H,3,12,18H2,1-2H3. The molecule has 0 saturated heterocycles. The smallest absolute Gasteiger partial charge is 0.253 e. The molecule has 0 aliphatic rings. The van der Waals surface area contributed by atoms with Gasteiger partial charge >= 0.3 is 0 Å². The van der Waals surface area contributed by atoms with Crippen LogP contribution in [0, 0.1) is 0 Å². The van der Waals surface area contributed by atoms with Gasteiger partial charge in [0.2, 0.25) is 0 Å². The molecule has 4 nitrogen and oxygen atoms in total. The average molecular weight is 284 g/mol. The van der Waals surface area contributed by atoms with Gasteiger partial charge in [0.25, 0.3) is 5.91 Å². The molecule has 0 spiro atoms. The van der Waals surface area contributed by atoms with Crippen molar-refractivity contribution in [2.75, 3.05) is 19.4 Å². The number of nitrogens with zero attached hydrogens (tertiary/aromatic N) is 1. The first-order valence-corrected chi connectivity index (χ1v) is 6.93. The highest BCUT2D eigenvalue weighted by atomic mass is 16.5. The number of rotatable bonds is 5. The highest BCUT2D eigenvalue weighted by molar-refractivity contribution is 5.94. The average Bonchev–Trinajstić information content (AvgIpc) is 2.49. The van der Waals surface area contributed by atoms with Crippen LogP contribution < -0.4 is 10.5 Å². The molecule has 2 aromatic rings. The van der Waals surface area contributed by atoms with Gasteiger partial charge in [0.05, 0.1) is 6.61 Å². The first-order valence-electron chi connectivity index (χ1n) is 6.93. The molecule has 0 aliphatic carbocycles. The lowest BCUT2D eigenvalue weighted by Crippen LogP contribution is -2.26. The maximum atomic E-state index is 12.4. The van der Waals surface area contributed by atoms with Crippen molar-refractivity contribution in [3.8, 4) is 5.75 Å². The summed E-state index contributed by atoms with van der Waals surface area (Å²) >= 11 is 0. The van der Waals surface area contributed by atoms with E-state index in [1.165, 1.54) is 0 Å². The second-order valence-electron chi connectivity index (χ2n) is 4.82. The number of benzene rings is 2. The Bertz CT molecular complexity index is 608. The number of amides is 1. The van der Waals surface area contributed by atoms with Crippen molar-refractivity contribution in [1.29, 1.82) is 0 Å². The molecule has 0 bridgehead atoms. The molecule has 0 aromatic heterocycles. The highest BCUT2D eigenvalue weighted by Gasteiger charge is 2.13. The van der Waals surface area contributed by atoms with Crippen LogP contribution in [0.4, 0.5) is 5.69 Å². The third kappa shape index (κ3) is 3.75. The molecule has 21 heavy (non-hydrogen) atoms. The molecule has 0 saturated carbocycles. The predicted octanol–water partition coefficient (Wildman–Crippen LogP) is 2.94. The van der Waals surface area contributed by atoms with Crippen molar-refractivity contribution >= 4 is 11.6 Å². The maximum Gasteiger partial charge on any atom is 0.253 e. The summed E-state index contributed by atoms with van der Waals surface area (Å²) in [7, 11) is 1.78. The minimum atomic E-state index is -0.0405. The first-order chi connectivity index (χ1) is 10.1. The molecular weight excluding hydrogens is 264 g/mol. The van der Waals surface area contributed by atoms with E-state index in [4.69, 9.17) is 10.5 Å². The van der Waals surface area contributed by atoms with Crippen LogP contribution in [0.2, 0.25) is 0 Å². The molecule has 0 unspecified atom stereocenters. The van der Waals surface area contributed by atoms with Crippen LogP contribution in [0.25, 0.3) is 0 Å². The van der Waals surface area contributed by atoms with Gasteiger partial charge in [0.1, 0.15) is 5.75 Å². The number of para-hydroxylation sites is 1. The molecule has 0 aliphatic heterocycles. The largest absolute Gasteiger partial charge is 0.494 e. The van der Waals surface area contributed by atoms with E-state index in [-0.39, 0.29) is 5.91 Å². The first kappa shape index (κ1) is 14.9. The number of nitrogen functional groups attached to an aromatic ring is 1. The lowest BCUT2D eigenvalue weighted by atomic mass is 10.1. The van der Waals surface area contributed by atoms with Gasteiger partial charge in [0.15, 0.2) is 0 Å². The summed E-state index contributed by atoms with van der Waals surface area (Å²) in [6.07, 6.45) is 0. The molecule has 0 atom stereocenters. The van der Waals surface area contributed by atoms with E-state index in [2.05, 4.69) is 0 Å². The zero-order chi connectivity index (χ0) is 15.2. The number of hydrogen-bond donors (Lipinski definition) is 1. The van der Waals surface area contributed by atoms with E-state index in [9.17, 15) is 4.79 Å². The van der Waals surface area contributed by atoms with Crippen LogP contribution in [0.15, 0.2) is 48.5 Å². The molecule has 0 fully saturated rings. The number of nitrogens with two attached hydrogens (primary N) is 1. The molecular formula is C17H20N2O2. The van der Waals surface area contributed by atoms with Crippen LogP contribution in [-0.4, -0.2) is 24.5 Å². The fraction of sp³-hybridized carbons (Fsp3) is 0.235. The van der Waals surface area contributed by atoms with E-state index in [1.807, 2.05) is 31.2 Å². The zero-order valence-corrected chi connectivity index (χ0v) is 12.4. The van der Waals surface area contributed by atoms with Crippen LogP contribution in [-0.2, 0) is 6.54 Å². The topological polar surface area (TPSA) is 55.6 Å². The van der Waals surface area contributed by atoms with Crippen LogP contribution >= 0.6 is 0 Å². The van der Waals surface area contributed by atoms with E-state index in [0.29, 0.717) is 24.4 Å². The fourth-order valence-electron chi connectivity index (χ4n) is 2.10. The van der Waals surface area contributed by atoms with Crippen molar-refractivity contribution in [1.82, 2.24) is 4.90 Å². The Labute approximate surface area is 125 Å². The van der Waals surface area contributed by atoms with Gasteiger partial charge in [-0.2, -0.15) is 0 Å². The number of hydrogen-bond acceptors (Lipinski definition) is 3. The second kappa shape index (κ2) is 6.79. The van der Waals surface area contributed by atoms with Crippen LogP contribution in [0.3, 0.4) is 0 Å². The number of ether oxygens (including phenoxy) is 1. The molecule has 2 N–H and O–H groups in total. The van der Waals surface area contributed by atoms with E-state index in [1.54, 1.807) is 36.2 Å². The van der Waals surface area contributed by atoms with Gasteiger partial charge in [-0.1, -0.05) is 18.2 Å². The van der Waals surface area contributed by atoms with Gasteiger partial charge in [-0.25, -0.2) is 0 Å². The Hall–Kier alpha value is -2.49. The fourth-order valence-corrected chi connectivity index (χ4v) is 2.10. The maximum absolute atomic E-state index is 12.4. The molecule has 110 valence electrons. The summed E-state index contributed by atoms with van der Waals surface area (Å²) in [5.74, 6) is 0.776. The molecule has 1 amide bonds. The minimum absolute atomic E-state index is 0.0405. The van der Waals surface area contributed by atoms with Crippen molar-refractivity contribution < 1.29 is 9.53 Å². The van der Waals surface area contributed by atoms with Gasteiger partial charge < -0.3 is 15.4 Å². The second-order valence-corrected chi connectivity index (χ2v) is 4.82. The molecule has 0 radical (unpaired) electrons. The Morgan fingerprint density at radius 3 is 2.48 bits per heavy atom. The van der Waals surface area contributed by atoms with Crippen molar-refractivity contribution in [3.05, 3.63) is 59.7 Å². The number of carbonyl (C=O) groups is 1. The summed E-state index contributed by atoms with van der Waals surface area (Å²) in [4.78, 5) is 14.0. The van der Waals surface area contributed by atoms with Crippen LogP contribution in [0.5, 0.6) is 5.75 Å². The number of anilines is 1. The Balaban J connectivity index is 2.12. The third-order valence-corrected chi connectivity index (χ3v) is 3.18. The predicted molar refractivity (Wildman–Crippen MR) is 84.3 cm³/mol. The summed E-state index contributed by atoms with van der Waals surface area (Å²) in [5.41, 5.74) is 7.90. The lowest BCUT2D eigenvalue weighted by molar-refractivity contribution is 0.0784.